The average molecular weight is 353 g/mol. The van der Waals surface area contributed by atoms with Crippen molar-refractivity contribution in [2.45, 2.75) is 6.42 Å². The average Bonchev–Trinajstić information content (AvgIpc) is 3.01. The summed E-state index contributed by atoms with van der Waals surface area (Å²) in [6.45, 7) is 1.87. The van der Waals surface area contributed by atoms with Crippen molar-refractivity contribution in [3.63, 3.8) is 0 Å². The van der Waals surface area contributed by atoms with Crippen LogP contribution in [0.1, 0.15) is 6.42 Å². The highest BCUT2D eigenvalue weighted by Crippen LogP contribution is 2.35. The lowest BCUT2D eigenvalue weighted by Crippen LogP contribution is -2.22. The van der Waals surface area contributed by atoms with Crippen molar-refractivity contribution in [1.29, 1.82) is 0 Å². The van der Waals surface area contributed by atoms with Crippen LogP contribution in [0.25, 0.3) is 10.9 Å². The van der Waals surface area contributed by atoms with E-state index in [1.54, 1.807) is 7.11 Å². The van der Waals surface area contributed by atoms with E-state index in [1.807, 2.05) is 18.2 Å². The van der Waals surface area contributed by atoms with E-state index in [2.05, 4.69) is 14.9 Å². The second-order valence-corrected chi connectivity index (χ2v) is 7.41. The van der Waals surface area contributed by atoms with E-state index < -0.39 is 13.9 Å². The number of aromatic nitrogens is 2. The SMILES string of the molecule is COc1cccc2c(N3CCC(COCP(=O)(O)O)C3)ncnc12. The van der Waals surface area contributed by atoms with Gasteiger partial charge in [0.05, 0.1) is 13.7 Å². The van der Waals surface area contributed by atoms with E-state index in [4.69, 9.17) is 19.3 Å². The van der Waals surface area contributed by atoms with Crippen molar-refractivity contribution in [3.05, 3.63) is 24.5 Å². The predicted molar refractivity (Wildman–Crippen MR) is 89.3 cm³/mol. The minimum atomic E-state index is -4.11. The Balaban J connectivity index is 1.72. The molecule has 0 radical (unpaired) electrons. The van der Waals surface area contributed by atoms with Gasteiger partial charge in [0.25, 0.3) is 0 Å². The molecule has 2 N–H and O–H groups in total. The minimum Gasteiger partial charge on any atom is -0.494 e. The Morgan fingerprint density at radius 3 is 2.96 bits per heavy atom. The molecule has 0 spiro atoms. The van der Waals surface area contributed by atoms with Gasteiger partial charge >= 0.3 is 7.60 Å². The lowest BCUT2D eigenvalue weighted by Gasteiger charge is -2.19. The molecule has 0 aliphatic carbocycles. The summed E-state index contributed by atoms with van der Waals surface area (Å²) < 4.78 is 21.3. The van der Waals surface area contributed by atoms with Crippen molar-refractivity contribution >= 4 is 24.3 Å². The van der Waals surface area contributed by atoms with Crippen LogP contribution in [0.15, 0.2) is 24.5 Å². The first-order valence-electron chi connectivity index (χ1n) is 7.63. The van der Waals surface area contributed by atoms with Gasteiger partial charge in [0, 0.05) is 24.4 Å². The normalized spacial score (nSPS) is 18.3. The van der Waals surface area contributed by atoms with Gasteiger partial charge in [-0.25, -0.2) is 9.97 Å². The summed E-state index contributed by atoms with van der Waals surface area (Å²) in [6.07, 6.45) is 1.88. The number of para-hydroxylation sites is 1. The van der Waals surface area contributed by atoms with E-state index in [1.165, 1.54) is 6.33 Å². The zero-order chi connectivity index (χ0) is 17.2. The summed E-state index contributed by atoms with van der Waals surface area (Å²) in [5.74, 6) is 1.76. The Labute approximate surface area is 139 Å². The molecular formula is C15H20N3O5P. The third-order valence-electron chi connectivity index (χ3n) is 4.03. The number of hydrogen-bond acceptors (Lipinski definition) is 6. The Bertz CT molecular complexity index is 766. The van der Waals surface area contributed by atoms with Gasteiger partial charge in [-0.2, -0.15) is 0 Å². The lowest BCUT2D eigenvalue weighted by molar-refractivity contribution is 0.127. The van der Waals surface area contributed by atoms with Gasteiger partial charge < -0.3 is 24.2 Å². The van der Waals surface area contributed by atoms with E-state index in [0.717, 1.165) is 36.2 Å². The molecule has 3 rings (SSSR count). The smallest absolute Gasteiger partial charge is 0.350 e. The van der Waals surface area contributed by atoms with Crippen LogP contribution in [0.5, 0.6) is 5.75 Å². The van der Waals surface area contributed by atoms with E-state index in [-0.39, 0.29) is 5.92 Å². The fraction of sp³-hybridized carbons (Fsp3) is 0.467. The third-order valence-corrected chi connectivity index (χ3v) is 4.54. The zero-order valence-corrected chi connectivity index (χ0v) is 14.2. The number of nitrogens with zero attached hydrogens (tertiary/aromatic N) is 3. The van der Waals surface area contributed by atoms with Crippen LogP contribution in [0, 0.1) is 5.92 Å². The molecule has 8 nitrogen and oxygen atoms in total. The van der Waals surface area contributed by atoms with Crippen molar-refractivity contribution in [2.24, 2.45) is 5.92 Å². The predicted octanol–water partition coefficient (Wildman–Crippen LogP) is 1.62. The Kier molecular flexibility index (Phi) is 5.01. The summed E-state index contributed by atoms with van der Waals surface area (Å²) in [4.78, 5) is 28.5. The third kappa shape index (κ3) is 3.84. The highest BCUT2D eigenvalue weighted by molar-refractivity contribution is 7.51. The molecular weight excluding hydrogens is 333 g/mol. The molecule has 0 amide bonds. The van der Waals surface area contributed by atoms with Crippen molar-refractivity contribution in [1.82, 2.24) is 9.97 Å². The monoisotopic (exact) mass is 353 g/mol. The molecule has 1 aliphatic rings. The molecule has 0 saturated carbocycles. The molecule has 2 aromatic rings. The van der Waals surface area contributed by atoms with Crippen LogP contribution < -0.4 is 9.64 Å². The number of fused-ring (bicyclic) bond motifs is 1. The maximum absolute atomic E-state index is 10.8. The first-order valence-corrected chi connectivity index (χ1v) is 9.42. The molecule has 1 aliphatic heterocycles. The molecule has 1 fully saturated rings. The van der Waals surface area contributed by atoms with Crippen LogP contribution in [0.3, 0.4) is 0 Å². The molecule has 1 aromatic heterocycles. The van der Waals surface area contributed by atoms with Gasteiger partial charge in [-0.15, -0.1) is 0 Å². The minimum absolute atomic E-state index is 0.215. The maximum Gasteiger partial charge on any atom is 0.350 e. The Morgan fingerprint density at radius 2 is 2.21 bits per heavy atom. The largest absolute Gasteiger partial charge is 0.494 e. The number of benzene rings is 1. The molecule has 1 atom stereocenters. The Hall–Kier alpha value is -1.73. The van der Waals surface area contributed by atoms with Crippen LogP contribution in [-0.4, -0.2) is 52.9 Å². The van der Waals surface area contributed by atoms with Crippen molar-refractivity contribution < 1.29 is 23.8 Å². The van der Waals surface area contributed by atoms with Gasteiger partial charge in [0.1, 0.15) is 29.8 Å². The number of methoxy groups -OCH3 is 1. The summed E-state index contributed by atoms with van der Waals surface area (Å²) in [5, 5.41) is 0.925. The van der Waals surface area contributed by atoms with Gasteiger partial charge in [-0.1, -0.05) is 6.07 Å². The second kappa shape index (κ2) is 7.03. The summed E-state index contributed by atoms with van der Waals surface area (Å²) in [6, 6.07) is 5.73. The first kappa shape index (κ1) is 17.1. The van der Waals surface area contributed by atoms with Crippen LogP contribution in [0.4, 0.5) is 5.82 Å². The van der Waals surface area contributed by atoms with Crippen LogP contribution in [0.2, 0.25) is 0 Å². The number of anilines is 1. The first-order chi connectivity index (χ1) is 11.5. The van der Waals surface area contributed by atoms with E-state index >= 15 is 0 Å². The summed E-state index contributed by atoms with van der Waals surface area (Å²) >= 11 is 0. The fourth-order valence-corrected chi connectivity index (χ4v) is 3.31. The number of rotatable bonds is 6. The van der Waals surface area contributed by atoms with Gasteiger partial charge in [0.15, 0.2) is 0 Å². The molecule has 130 valence electrons. The van der Waals surface area contributed by atoms with E-state index in [0.29, 0.717) is 12.4 Å². The second-order valence-electron chi connectivity index (χ2n) is 5.82. The van der Waals surface area contributed by atoms with Crippen molar-refractivity contribution in [3.8, 4) is 5.75 Å². The number of hydrogen-bond donors (Lipinski definition) is 2. The molecule has 1 saturated heterocycles. The van der Waals surface area contributed by atoms with Crippen molar-refractivity contribution in [2.75, 3.05) is 38.1 Å². The molecule has 24 heavy (non-hydrogen) atoms. The summed E-state index contributed by atoms with van der Waals surface area (Å²) in [5.41, 5.74) is 0.770. The van der Waals surface area contributed by atoms with Gasteiger partial charge in [0.2, 0.25) is 0 Å². The van der Waals surface area contributed by atoms with Gasteiger partial charge in [-0.3, -0.25) is 4.57 Å². The molecule has 1 unspecified atom stereocenters. The highest BCUT2D eigenvalue weighted by atomic mass is 31.2. The topological polar surface area (TPSA) is 105 Å². The fourth-order valence-electron chi connectivity index (χ4n) is 2.96. The summed E-state index contributed by atoms with van der Waals surface area (Å²) in [7, 11) is -2.50. The molecule has 1 aromatic carbocycles. The standard InChI is InChI=1S/C15H20N3O5P/c1-22-13-4-2-3-12-14(13)16-9-17-15(12)18-6-5-11(7-18)8-23-10-24(19,20)21/h2-4,9,11H,5-8,10H2,1H3,(H2,19,20,21). The van der Waals surface area contributed by atoms with E-state index in [9.17, 15) is 4.57 Å². The maximum atomic E-state index is 10.8. The molecule has 9 heteroatoms. The van der Waals surface area contributed by atoms with Crippen LogP contribution in [-0.2, 0) is 9.30 Å². The van der Waals surface area contributed by atoms with Crippen LogP contribution >= 0.6 is 7.60 Å². The van der Waals surface area contributed by atoms with Gasteiger partial charge in [-0.05, 0) is 18.6 Å². The molecule has 2 heterocycles. The highest BCUT2D eigenvalue weighted by Gasteiger charge is 2.26. The lowest BCUT2D eigenvalue weighted by atomic mass is 10.1. The zero-order valence-electron chi connectivity index (χ0n) is 13.3. The molecule has 0 bridgehead atoms. The Morgan fingerprint density at radius 1 is 1.38 bits per heavy atom. The quantitative estimate of drug-likeness (QED) is 0.755. The number of ether oxygens (including phenoxy) is 2.